The summed E-state index contributed by atoms with van der Waals surface area (Å²) in [5.74, 6) is 0.571. The van der Waals surface area contributed by atoms with Crippen LogP contribution in [0.2, 0.25) is 0 Å². The molecule has 3 heteroatoms. The van der Waals surface area contributed by atoms with E-state index < -0.39 is 0 Å². The Morgan fingerprint density at radius 2 is 1.65 bits per heavy atom. The zero-order valence-corrected chi connectivity index (χ0v) is 12.1. The molecule has 0 radical (unpaired) electrons. The van der Waals surface area contributed by atoms with Crippen LogP contribution in [-0.4, -0.2) is 26.1 Å². The lowest BCUT2D eigenvalue weighted by molar-refractivity contribution is -0.182. The second-order valence-corrected chi connectivity index (χ2v) is 5.70. The third kappa shape index (κ3) is 2.25. The van der Waals surface area contributed by atoms with Gasteiger partial charge in [0, 0.05) is 18.3 Å². The highest BCUT2D eigenvalue weighted by Gasteiger charge is 2.45. The first-order valence-electron chi connectivity index (χ1n) is 7.28. The van der Waals surface area contributed by atoms with Crippen molar-refractivity contribution in [3.8, 4) is 5.75 Å². The number of methoxy groups -OCH3 is 1. The third-order valence-electron chi connectivity index (χ3n) is 4.77. The van der Waals surface area contributed by atoms with Gasteiger partial charge in [0.15, 0.2) is 5.79 Å². The second kappa shape index (κ2) is 5.23. The molecule has 1 saturated heterocycles. The summed E-state index contributed by atoms with van der Waals surface area (Å²) >= 11 is 0. The van der Waals surface area contributed by atoms with E-state index in [0.29, 0.717) is 0 Å². The first kappa shape index (κ1) is 13.7. The fraction of sp³-hybridized carbons (Fsp3) is 0.529. The van der Waals surface area contributed by atoms with Crippen LogP contribution in [0.4, 0.5) is 0 Å². The normalized spacial score (nSPS) is 23.6. The number of hydrogen-bond acceptors (Lipinski definition) is 3. The van der Waals surface area contributed by atoms with Crippen molar-refractivity contribution >= 4 is 0 Å². The van der Waals surface area contributed by atoms with Gasteiger partial charge in [0.2, 0.25) is 0 Å². The van der Waals surface area contributed by atoms with Gasteiger partial charge in [0.05, 0.1) is 20.3 Å². The quantitative estimate of drug-likeness (QED) is 0.790. The van der Waals surface area contributed by atoms with Crippen LogP contribution in [0, 0.1) is 0 Å². The minimum absolute atomic E-state index is 0.0346. The number of rotatable bonds is 3. The summed E-state index contributed by atoms with van der Waals surface area (Å²) in [4.78, 5) is 0. The van der Waals surface area contributed by atoms with Gasteiger partial charge in [-0.3, -0.25) is 0 Å². The van der Waals surface area contributed by atoms with Gasteiger partial charge < -0.3 is 14.2 Å². The molecule has 0 atom stereocenters. The van der Waals surface area contributed by atoms with E-state index in [2.05, 4.69) is 24.8 Å². The average molecular weight is 274 g/mol. The molecule has 0 amide bonds. The molecule has 3 rings (SSSR count). The molecule has 1 spiro atoms. The lowest BCUT2D eigenvalue weighted by atomic mass is 9.68. The molecule has 0 bridgehead atoms. The summed E-state index contributed by atoms with van der Waals surface area (Å²) in [6, 6.07) is 8.34. The molecule has 1 saturated carbocycles. The Morgan fingerprint density at radius 3 is 2.15 bits per heavy atom. The topological polar surface area (TPSA) is 27.7 Å². The summed E-state index contributed by atoms with van der Waals surface area (Å²) in [6.07, 6.45) is 6.00. The molecule has 108 valence electrons. The van der Waals surface area contributed by atoms with Crippen molar-refractivity contribution in [1.82, 2.24) is 0 Å². The predicted octanol–water partition coefficient (Wildman–Crippen LogP) is 3.44. The average Bonchev–Trinajstić information content (AvgIpc) is 2.97. The summed E-state index contributed by atoms with van der Waals surface area (Å²) in [5.41, 5.74) is 1.34. The van der Waals surface area contributed by atoms with Crippen LogP contribution in [0.25, 0.3) is 0 Å². The standard InChI is InChI=1S/C17H22O3/c1-3-16(14-4-6-15(18-2)7-5-14)8-10-17(11-9-16)19-12-13-20-17/h3-7H,1,8-13H2,2H3. The van der Waals surface area contributed by atoms with Crippen LogP contribution >= 0.6 is 0 Å². The Labute approximate surface area is 120 Å². The molecule has 0 aromatic heterocycles. The fourth-order valence-corrected chi connectivity index (χ4v) is 3.40. The molecule has 1 aliphatic carbocycles. The molecule has 1 aromatic rings. The van der Waals surface area contributed by atoms with Gasteiger partial charge in [0.25, 0.3) is 0 Å². The van der Waals surface area contributed by atoms with Crippen molar-refractivity contribution in [1.29, 1.82) is 0 Å². The summed E-state index contributed by atoms with van der Waals surface area (Å²) < 4.78 is 16.9. The van der Waals surface area contributed by atoms with Gasteiger partial charge in [-0.05, 0) is 30.5 Å². The molecule has 2 fully saturated rings. The van der Waals surface area contributed by atoms with Crippen molar-refractivity contribution in [2.45, 2.75) is 36.9 Å². The van der Waals surface area contributed by atoms with E-state index >= 15 is 0 Å². The Morgan fingerprint density at radius 1 is 1.05 bits per heavy atom. The predicted molar refractivity (Wildman–Crippen MR) is 78.0 cm³/mol. The van der Waals surface area contributed by atoms with Crippen molar-refractivity contribution in [2.75, 3.05) is 20.3 Å². The van der Waals surface area contributed by atoms with Crippen molar-refractivity contribution in [2.24, 2.45) is 0 Å². The summed E-state index contributed by atoms with van der Waals surface area (Å²) in [5, 5.41) is 0. The highest BCUT2D eigenvalue weighted by atomic mass is 16.7. The van der Waals surface area contributed by atoms with Gasteiger partial charge in [-0.25, -0.2) is 0 Å². The monoisotopic (exact) mass is 274 g/mol. The number of benzene rings is 1. The maximum Gasteiger partial charge on any atom is 0.168 e. The second-order valence-electron chi connectivity index (χ2n) is 5.70. The Bertz CT molecular complexity index is 462. The zero-order valence-electron chi connectivity index (χ0n) is 12.1. The third-order valence-corrected chi connectivity index (χ3v) is 4.77. The Balaban J connectivity index is 1.80. The van der Waals surface area contributed by atoms with E-state index in [-0.39, 0.29) is 11.2 Å². The molecule has 1 aromatic carbocycles. The maximum atomic E-state index is 5.82. The van der Waals surface area contributed by atoms with Crippen LogP contribution in [-0.2, 0) is 14.9 Å². The van der Waals surface area contributed by atoms with E-state index in [1.54, 1.807) is 7.11 Å². The zero-order chi connectivity index (χ0) is 14.1. The molecule has 1 aliphatic heterocycles. The van der Waals surface area contributed by atoms with Crippen LogP contribution in [0.5, 0.6) is 5.75 Å². The Kier molecular flexibility index (Phi) is 3.57. The minimum atomic E-state index is -0.320. The van der Waals surface area contributed by atoms with Gasteiger partial charge >= 0.3 is 0 Å². The van der Waals surface area contributed by atoms with Crippen molar-refractivity contribution in [3.63, 3.8) is 0 Å². The summed E-state index contributed by atoms with van der Waals surface area (Å²) in [6.45, 7) is 5.53. The highest BCUT2D eigenvalue weighted by Crippen LogP contribution is 2.47. The largest absolute Gasteiger partial charge is 0.497 e. The lowest BCUT2D eigenvalue weighted by Crippen LogP contribution is -2.41. The highest BCUT2D eigenvalue weighted by molar-refractivity contribution is 5.36. The first-order valence-corrected chi connectivity index (χ1v) is 7.28. The number of allylic oxidation sites excluding steroid dienone is 1. The van der Waals surface area contributed by atoms with Gasteiger partial charge in [-0.1, -0.05) is 18.2 Å². The van der Waals surface area contributed by atoms with Crippen molar-refractivity contribution < 1.29 is 14.2 Å². The van der Waals surface area contributed by atoms with Crippen LogP contribution < -0.4 is 4.74 Å². The van der Waals surface area contributed by atoms with Crippen LogP contribution in [0.15, 0.2) is 36.9 Å². The van der Waals surface area contributed by atoms with Crippen LogP contribution in [0.3, 0.4) is 0 Å². The van der Waals surface area contributed by atoms with Crippen molar-refractivity contribution in [3.05, 3.63) is 42.5 Å². The van der Waals surface area contributed by atoms with Crippen LogP contribution in [0.1, 0.15) is 31.2 Å². The van der Waals surface area contributed by atoms with Gasteiger partial charge in [-0.15, -0.1) is 6.58 Å². The number of ether oxygens (including phenoxy) is 3. The SMILES string of the molecule is C=CC1(c2ccc(OC)cc2)CCC2(CC1)OCCO2. The van der Waals surface area contributed by atoms with Gasteiger partial charge in [-0.2, -0.15) is 0 Å². The van der Waals surface area contributed by atoms with E-state index in [0.717, 1.165) is 44.6 Å². The molecular weight excluding hydrogens is 252 g/mol. The van der Waals surface area contributed by atoms with E-state index in [9.17, 15) is 0 Å². The molecule has 1 heterocycles. The Hall–Kier alpha value is -1.32. The summed E-state index contributed by atoms with van der Waals surface area (Å²) in [7, 11) is 1.69. The van der Waals surface area contributed by atoms with E-state index in [1.165, 1.54) is 5.56 Å². The fourth-order valence-electron chi connectivity index (χ4n) is 3.40. The van der Waals surface area contributed by atoms with E-state index in [4.69, 9.17) is 14.2 Å². The first-order chi connectivity index (χ1) is 9.72. The van der Waals surface area contributed by atoms with E-state index in [1.807, 2.05) is 12.1 Å². The smallest absolute Gasteiger partial charge is 0.168 e. The molecule has 0 N–H and O–H groups in total. The molecule has 0 unspecified atom stereocenters. The minimum Gasteiger partial charge on any atom is -0.497 e. The number of hydrogen-bond donors (Lipinski definition) is 0. The van der Waals surface area contributed by atoms with Gasteiger partial charge in [0.1, 0.15) is 5.75 Å². The molecular formula is C17H22O3. The lowest BCUT2D eigenvalue weighted by Gasteiger charge is -2.42. The maximum absolute atomic E-state index is 5.82. The molecule has 20 heavy (non-hydrogen) atoms. The molecule has 2 aliphatic rings. The molecule has 3 nitrogen and oxygen atoms in total.